The van der Waals surface area contributed by atoms with E-state index >= 15 is 0 Å². The predicted molar refractivity (Wildman–Crippen MR) is 114 cm³/mol. The van der Waals surface area contributed by atoms with E-state index in [1.54, 1.807) is 18.1 Å². The molecular formula is C22H22ClN3S. The Morgan fingerprint density at radius 2 is 1.78 bits per heavy atom. The van der Waals surface area contributed by atoms with E-state index in [-0.39, 0.29) is 0 Å². The molecule has 138 valence electrons. The predicted octanol–water partition coefficient (Wildman–Crippen LogP) is 5.27. The monoisotopic (exact) mass is 395 g/mol. The Kier molecular flexibility index (Phi) is 6.10. The van der Waals surface area contributed by atoms with E-state index in [0.29, 0.717) is 11.1 Å². The first-order valence-electron chi connectivity index (χ1n) is 9.17. The number of nitrogens with zero attached hydrogens (tertiary/aromatic N) is 2. The Morgan fingerprint density at radius 3 is 2.52 bits per heavy atom. The molecule has 3 nitrogen and oxygen atoms in total. The molecule has 3 aromatic rings. The van der Waals surface area contributed by atoms with Crippen LogP contribution in [0.15, 0.2) is 78.0 Å². The lowest BCUT2D eigenvalue weighted by molar-refractivity contribution is 0.325. The van der Waals surface area contributed by atoms with Gasteiger partial charge in [0, 0.05) is 31.9 Å². The fraction of sp³-hybridized carbons (Fsp3) is 0.227. The molecule has 4 rings (SSSR count). The van der Waals surface area contributed by atoms with Crippen molar-refractivity contribution in [2.45, 2.75) is 24.0 Å². The van der Waals surface area contributed by atoms with Crippen LogP contribution in [0.2, 0.25) is 5.02 Å². The van der Waals surface area contributed by atoms with Gasteiger partial charge in [0.1, 0.15) is 5.03 Å². The number of benzene rings is 2. The Labute approximate surface area is 169 Å². The number of rotatable bonds is 6. The highest BCUT2D eigenvalue weighted by Gasteiger charge is 2.22. The molecule has 1 aliphatic rings. The normalized spacial score (nSPS) is 17.3. The molecule has 2 aromatic carbocycles. The Balaban J connectivity index is 1.27. The number of nitrogens with one attached hydrogen (secondary N) is 1. The molecule has 0 bridgehead atoms. The summed E-state index contributed by atoms with van der Waals surface area (Å²) in [5, 5.41) is 1.62. The van der Waals surface area contributed by atoms with Crippen LogP contribution in [-0.4, -0.2) is 29.0 Å². The zero-order valence-corrected chi connectivity index (χ0v) is 16.6. The van der Waals surface area contributed by atoms with Crippen LogP contribution < -0.4 is 4.72 Å². The third-order valence-electron chi connectivity index (χ3n) is 4.77. The molecule has 0 radical (unpaired) electrons. The van der Waals surface area contributed by atoms with E-state index in [1.807, 2.05) is 12.1 Å². The topological polar surface area (TPSA) is 28.2 Å². The molecular weight excluding hydrogens is 374 g/mol. The van der Waals surface area contributed by atoms with Crippen molar-refractivity contribution in [1.29, 1.82) is 0 Å². The molecule has 1 atom stereocenters. The van der Waals surface area contributed by atoms with Crippen molar-refractivity contribution in [2.24, 2.45) is 0 Å². The van der Waals surface area contributed by atoms with E-state index in [2.05, 4.69) is 69.2 Å². The second kappa shape index (κ2) is 8.89. The van der Waals surface area contributed by atoms with Gasteiger partial charge in [-0.2, -0.15) is 0 Å². The summed E-state index contributed by atoms with van der Waals surface area (Å²) in [6.07, 6.45) is 2.84. The van der Waals surface area contributed by atoms with Crippen molar-refractivity contribution in [2.75, 3.05) is 13.1 Å². The number of halogens is 1. The summed E-state index contributed by atoms with van der Waals surface area (Å²) in [4.78, 5) is 6.82. The minimum atomic E-state index is 0.482. The lowest BCUT2D eigenvalue weighted by Crippen LogP contribution is -2.28. The van der Waals surface area contributed by atoms with Crippen LogP contribution in [0.3, 0.4) is 0 Å². The molecule has 27 heavy (non-hydrogen) atoms. The number of aromatic nitrogens is 1. The maximum atomic E-state index is 5.88. The fourth-order valence-electron chi connectivity index (χ4n) is 3.33. The smallest absolute Gasteiger partial charge is 0.111 e. The third kappa shape index (κ3) is 5.11. The fourth-order valence-corrected chi connectivity index (χ4v) is 4.16. The number of hydrogen-bond acceptors (Lipinski definition) is 4. The summed E-state index contributed by atoms with van der Waals surface area (Å²) in [7, 11) is 0. The summed E-state index contributed by atoms with van der Waals surface area (Å²) in [6, 6.07) is 23.8. The highest BCUT2D eigenvalue weighted by atomic mass is 35.5. The van der Waals surface area contributed by atoms with E-state index in [1.165, 1.54) is 16.7 Å². The van der Waals surface area contributed by atoms with Crippen molar-refractivity contribution in [1.82, 2.24) is 14.6 Å². The van der Waals surface area contributed by atoms with E-state index in [4.69, 9.17) is 11.6 Å². The van der Waals surface area contributed by atoms with Crippen molar-refractivity contribution >= 4 is 23.5 Å². The van der Waals surface area contributed by atoms with Gasteiger partial charge in [0.2, 0.25) is 0 Å². The first-order chi connectivity index (χ1) is 13.3. The lowest BCUT2D eigenvalue weighted by Gasteiger charge is -2.16. The van der Waals surface area contributed by atoms with Crippen LogP contribution in [0.1, 0.15) is 12.0 Å². The molecule has 2 heterocycles. The van der Waals surface area contributed by atoms with Gasteiger partial charge in [0.05, 0.1) is 5.02 Å². The second-order valence-electron chi connectivity index (χ2n) is 6.82. The minimum absolute atomic E-state index is 0.482. The average Bonchev–Trinajstić information content (AvgIpc) is 3.16. The highest BCUT2D eigenvalue weighted by molar-refractivity contribution is 7.97. The molecule has 0 amide bonds. The SMILES string of the molecule is Clc1ccc(SNC2CCN(Cc3ccc(-c4ccccc4)cc3)C2)nc1. The number of hydrogen-bond donors (Lipinski definition) is 1. The molecule has 5 heteroatoms. The Morgan fingerprint density at radius 1 is 1.00 bits per heavy atom. The van der Waals surface area contributed by atoms with Crippen LogP contribution in [0.4, 0.5) is 0 Å². The summed E-state index contributed by atoms with van der Waals surface area (Å²) in [6.45, 7) is 3.17. The van der Waals surface area contributed by atoms with Crippen LogP contribution >= 0.6 is 23.5 Å². The van der Waals surface area contributed by atoms with Crippen LogP contribution in [-0.2, 0) is 6.54 Å². The summed E-state index contributed by atoms with van der Waals surface area (Å²) >= 11 is 7.47. The first kappa shape index (κ1) is 18.5. The van der Waals surface area contributed by atoms with Gasteiger partial charge in [-0.15, -0.1) is 0 Å². The standard InChI is InChI=1S/C22H22ClN3S/c23-20-10-11-22(24-14-20)27-25-21-12-13-26(16-21)15-17-6-8-19(9-7-17)18-4-2-1-3-5-18/h1-11,14,21,25H,12-13,15-16H2. The molecule has 1 saturated heterocycles. The summed E-state index contributed by atoms with van der Waals surface area (Å²) in [5.74, 6) is 0. The van der Waals surface area contributed by atoms with E-state index in [9.17, 15) is 0 Å². The van der Waals surface area contributed by atoms with Gasteiger partial charge in [-0.05, 0) is 47.2 Å². The quantitative estimate of drug-likeness (QED) is 0.575. The van der Waals surface area contributed by atoms with Crippen LogP contribution in [0, 0.1) is 0 Å². The largest absolute Gasteiger partial charge is 0.297 e. The van der Waals surface area contributed by atoms with E-state index < -0.39 is 0 Å². The molecule has 1 aliphatic heterocycles. The van der Waals surface area contributed by atoms with Gasteiger partial charge >= 0.3 is 0 Å². The van der Waals surface area contributed by atoms with Gasteiger partial charge in [0.15, 0.2) is 0 Å². The van der Waals surface area contributed by atoms with E-state index in [0.717, 1.165) is 31.1 Å². The molecule has 1 unspecified atom stereocenters. The van der Waals surface area contributed by atoms with Crippen molar-refractivity contribution in [3.63, 3.8) is 0 Å². The lowest BCUT2D eigenvalue weighted by atomic mass is 10.0. The molecule has 1 aromatic heterocycles. The van der Waals surface area contributed by atoms with Crippen molar-refractivity contribution in [3.8, 4) is 11.1 Å². The maximum absolute atomic E-state index is 5.88. The number of likely N-dealkylation sites (tertiary alicyclic amines) is 1. The second-order valence-corrected chi connectivity index (χ2v) is 8.11. The minimum Gasteiger partial charge on any atom is -0.297 e. The average molecular weight is 396 g/mol. The third-order valence-corrected chi connectivity index (χ3v) is 5.90. The van der Waals surface area contributed by atoms with Gasteiger partial charge in [-0.1, -0.05) is 66.2 Å². The van der Waals surface area contributed by atoms with Crippen molar-refractivity contribution < 1.29 is 0 Å². The molecule has 1 N–H and O–H groups in total. The van der Waals surface area contributed by atoms with Crippen LogP contribution in [0.25, 0.3) is 11.1 Å². The molecule has 0 aliphatic carbocycles. The molecule has 1 fully saturated rings. The van der Waals surface area contributed by atoms with Gasteiger partial charge in [-0.3, -0.25) is 9.62 Å². The van der Waals surface area contributed by atoms with Crippen molar-refractivity contribution in [3.05, 3.63) is 83.5 Å². The summed E-state index contributed by atoms with van der Waals surface area (Å²) in [5.41, 5.74) is 3.90. The van der Waals surface area contributed by atoms with Gasteiger partial charge in [-0.25, -0.2) is 4.98 Å². The zero-order chi connectivity index (χ0) is 18.5. The maximum Gasteiger partial charge on any atom is 0.111 e. The highest BCUT2D eigenvalue weighted by Crippen LogP contribution is 2.22. The Hall–Kier alpha value is -1.85. The first-order valence-corrected chi connectivity index (χ1v) is 10.4. The van der Waals surface area contributed by atoms with Gasteiger partial charge in [0.25, 0.3) is 0 Å². The van der Waals surface area contributed by atoms with Gasteiger partial charge < -0.3 is 0 Å². The molecule has 0 spiro atoms. The molecule has 0 saturated carbocycles. The summed E-state index contributed by atoms with van der Waals surface area (Å²) < 4.78 is 3.53. The van der Waals surface area contributed by atoms with Crippen LogP contribution in [0.5, 0.6) is 0 Å². The Bertz CT molecular complexity index is 853. The zero-order valence-electron chi connectivity index (χ0n) is 15.0. The number of pyridine rings is 1.